The number of rotatable bonds is 0. The first-order valence-electron chi connectivity index (χ1n) is 11.7. The van der Waals surface area contributed by atoms with Crippen molar-refractivity contribution in [1.82, 2.24) is 4.90 Å². The summed E-state index contributed by atoms with van der Waals surface area (Å²) >= 11 is 0. The molecule has 6 aliphatic rings. The van der Waals surface area contributed by atoms with Gasteiger partial charge in [0.25, 0.3) is 0 Å². The Morgan fingerprint density at radius 1 is 0.500 bits per heavy atom. The van der Waals surface area contributed by atoms with Gasteiger partial charge in [-0.2, -0.15) is 0 Å². The molecule has 2 aliphatic heterocycles. The molecule has 134 valence electrons. The third kappa shape index (κ3) is 2.09. The molecule has 0 amide bonds. The zero-order chi connectivity index (χ0) is 15.7. The summed E-state index contributed by atoms with van der Waals surface area (Å²) in [7, 11) is 0. The van der Waals surface area contributed by atoms with Gasteiger partial charge in [0, 0.05) is 12.1 Å². The average Bonchev–Trinajstić information content (AvgIpc) is 3.17. The molecule has 0 spiro atoms. The van der Waals surface area contributed by atoms with E-state index in [4.69, 9.17) is 0 Å². The topological polar surface area (TPSA) is 3.24 Å². The largest absolute Gasteiger partial charge is 0.297 e. The monoisotopic (exact) mass is 327 g/mol. The van der Waals surface area contributed by atoms with Gasteiger partial charge >= 0.3 is 0 Å². The van der Waals surface area contributed by atoms with Gasteiger partial charge in [-0.05, 0) is 106 Å². The van der Waals surface area contributed by atoms with E-state index in [-0.39, 0.29) is 0 Å². The summed E-state index contributed by atoms with van der Waals surface area (Å²) in [6.45, 7) is 1.45. The van der Waals surface area contributed by atoms with E-state index in [1.807, 2.05) is 0 Å². The van der Waals surface area contributed by atoms with E-state index < -0.39 is 0 Å². The highest BCUT2D eigenvalue weighted by atomic mass is 15.2. The maximum absolute atomic E-state index is 3.02. The molecule has 4 aliphatic carbocycles. The molecule has 4 saturated carbocycles. The van der Waals surface area contributed by atoms with Gasteiger partial charge in [0.15, 0.2) is 0 Å². The fraction of sp³-hybridized carbons (Fsp3) is 1.00. The normalized spacial score (nSPS) is 56.8. The molecule has 0 aromatic heterocycles. The van der Waals surface area contributed by atoms with Crippen LogP contribution < -0.4 is 0 Å². The molecule has 9 unspecified atom stereocenters. The number of nitrogens with zero attached hydrogens (tertiary/aromatic N) is 1. The van der Waals surface area contributed by atoms with Crippen LogP contribution in [0.2, 0.25) is 0 Å². The van der Waals surface area contributed by atoms with Crippen molar-refractivity contribution in [2.75, 3.05) is 6.54 Å². The molecule has 0 N–H and O–H groups in total. The number of fused-ring (bicyclic) bond motifs is 9. The second kappa shape index (κ2) is 5.73. The summed E-state index contributed by atoms with van der Waals surface area (Å²) in [5.74, 6) is 8.00. The first-order valence-corrected chi connectivity index (χ1v) is 11.7. The van der Waals surface area contributed by atoms with E-state index in [1.54, 1.807) is 64.2 Å². The molecule has 2 saturated heterocycles. The van der Waals surface area contributed by atoms with Gasteiger partial charge in [0.05, 0.1) is 0 Å². The molecule has 1 nitrogen and oxygen atoms in total. The van der Waals surface area contributed by atoms with Gasteiger partial charge in [-0.15, -0.1) is 0 Å². The van der Waals surface area contributed by atoms with Crippen LogP contribution in [0.25, 0.3) is 0 Å². The van der Waals surface area contributed by atoms with E-state index in [0.717, 1.165) is 53.5 Å². The summed E-state index contributed by atoms with van der Waals surface area (Å²) < 4.78 is 0. The fourth-order valence-electron chi connectivity index (χ4n) is 9.33. The molecule has 1 heteroatoms. The lowest BCUT2D eigenvalue weighted by Gasteiger charge is -2.52. The second-order valence-corrected chi connectivity index (χ2v) is 10.6. The lowest BCUT2D eigenvalue weighted by molar-refractivity contribution is -0.0264. The van der Waals surface area contributed by atoms with Crippen molar-refractivity contribution >= 4 is 0 Å². The maximum atomic E-state index is 3.02. The Bertz CT molecular complexity index is 484. The van der Waals surface area contributed by atoms with Crippen LogP contribution in [0, 0.1) is 41.4 Å². The van der Waals surface area contributed by atoms with Crippen molar-refractivity contribution in [3.8, 4) is 0 Å². The van der Waals surface area contributed by atoms with Crippen molar-refractivity contribution in [2.45, 2.75) is 95.6 Å². The van der Waals surface area contributed by atoms with Crippen LogP contribution in [0.15, 0.2) is 0 Å². The lowest BCUT2D eigenvalue weighted by atomic mass is 9.53. The van der Waals surface area contributed by atoms with E-state index in [0.29, 0.717) is 0 Å². The highest BCUT2D eigenvalue weighted by molar-refractivity contribution is 5.09. The number of hydrogen-bond donors (Lipinski definition) is 0. The molecular formula is C23H37N. The zero-order valence-electron chi connectivity index (χ0n) is 15.5. The van der Waals surface area contributed by atoms with Crippen molar-refractivity contribution in [3.63, 3.8) is 0 Å². The van der Waals surface area contributed by atoms with Gasteiger partial charge in [-0.3, -0.25) is 4.90 Å². The summed E-state index contributed by atoms with van der Waals surface area (Å²) in [6, 6.07) is 2.02. The molecular weight excluding hydrogens is 290 g/mol. The zero-order valence-corrected chi connectivity index (χ0v) is 15.5. The Morgan fingerprint density at radius 3 is 2.21 bits per heavy atom. The molecule has 6 fully saturated rings. The highest BCUT2D eigenvalue weighted by Crippen LogP contribution is 2.62. The van der Waals surface area contributed by atoms with Crippen LogP contribution in [0.5, 0.6) is 0 Å². The predicted octanol–water partition coefficient (Wildman–Crippen LogP) is 5.49. The van der Waals surface area contributed by atoms with Crippen LogP contribution in [-0.2, 0) is 0 Å². The average molecular weight is 328 g/mol. The molecule has 0 bridgehead atoms. The Balaban J connectivity index is 1.24. The van der Waals surface area contributed by atoms with Gasteiger partial charge in [-0.25, -0.2) is 0 Å². The van der Waals surface area contributed by atoms with Gasteiger partial charge in [-0.1, -0.05) is 25.7 Å². The Labute approximate surface area is 148 Å². The molecule has 24 heavy (non-hydrogen) atoms. The predicted molar refractivity (Wildman–Crippen MR) is 98.7 cm³/mol. The fourth-order valence-corrected chi connectivity index (χ4v) is 9.33. The minimum absolute atomic E-state index is 1.00. The molecule has 0 aromatic carbocycles. The van der Waals surface area contributed by atoms with Crippen LogP contribution in [0.3, 0.4) is 0 Å². The van der Waals surface area contributed by atoms with Crippen LogP contribution >= 0.6 is 0 Å². The standard InChI is InChI=1S/C23H37N/c1-2-7-17-15(5-1)8-9-19-18(17)10-11-20-21(19)14-23-22(20)13-16-6-3-4-12-24(16)23/h15-23H,1-14H2. The van der Waals surface area contributed by atoms with Gasteiger partial charge < -0.3 is 0 Å². The van der Waals surface area contributed by atoms with Crippen molar-refractivity contribution in [1.29, 1.82) is 0 Å². The molecule has 0 radical (unpaired) electrons. The second-order valence-electron chi connectivity index (χ2n) is 10.6. The smallest absolute Gasteiger partial charge is 0.0133 e. The van der Waals surface area contributed by atoms with Gasteiger partial charge in [0.1, 0.15) is 0 Å². The minimum Gasteiger partial charge on any atom is -0.297 e. The summed E-state index contributed by atoms with van der Waals surface area (Å²) in [5, 5.41) is 0. The Kier molecular flexibility index (Phi) is 3.60. The number of piperidine rings is 1. The lowest BCUT2D eigenvalue weighted by Crippen LogP contribution is -2.44. The van der Waals surface area contributed by atoms with Crippen molar-refractivity contribution < 1.29 is 0 Å². The quantitative estimate of drug-likeness (QED) is 0.568. The highest BCUT2D eigenvalue weighted by Gasteiger charge is 2.57. The van der Waals surface area contributed by atoms with E-state index in [1.165, 1.54) is 25.8 Å². The van der Waals surface area contributed by atoms with Crippen LogP contribution in [0.1, 0.15) is 83.5 Å². The summed E-state index contributed by atoms with van der Waals surface area (Å²) in [6.07, 6.45) is 20.5. The molecule has 6 rings (SSSR count). The molecule has 2 heterocycles. The van der Waals surface area contributed by atoms with Crippen molar-refractivity contribution in [3.05, 3.63) is 0 Å². The van der Waals surface area contributed by atoms with E-state index >= 15 is 0 Å². The Hall–Kier alpha value is -0.0400. The summed E-state index contributed by atoms with van der Waals surface area (Å²) in [4.78, 5) is 3.02. The third-order valence-electron chi connectivity index (χ3n) is 10.1. The van der Waals surface area contributed by atoms with E-state index in [9.17, 15) is 0 Å². The van der Waals surface area contributed by atoms with Crippen LogP contribution in [-0.4, -0.2) is 23.5 Å². The first kappa shape index (κ1) is 15.1. The van der Waals surface area contributed by atoms with Gasteiger partial charge in [0.2, 0.25) is 0 Å². The Morgan fingerprint density at radius 2 is 1.25 bits per heavy atom. The third-order valence-corrected chi connectivity index (χ3v) is 10.1. The number of hydrogen-bond acceptors (Lipinski definition) is 1. The van der Waals surface area contributed by atoms with Crippen LogP contribution in [0.4, 0.5) is 0 Å². The SMILES string of the molecule is C1CCC2C(C1)CCC1C2CCC2C1CC1C2CC2CCCCN21. The maximum Gasteiger partial charge on any atom is 0.0133 e. The molecule has 0 aromatic rings. The van der Waals surface area contributed by atoms with E-state index in [2.05, 4.69) is 4.90 Å². The first-order chi connectivity index (χ1) is 11.9. The molecule has 9 atom stereocenters. The van der Waals surface area contributed by atoms with Crippen molar-refractivity contribution in [2.24, 2.45) is 41.4 Å². The minimum atomic E-state index is 1.00. The summed E-state index contributed by atoms with van der Waals surface area (Å²) in [5.41, 5.74) is 0.